The lowest BCUT2D eigenvalue weighted by atomic mass is 10.1. The molecule has 0 saturated carbocycles. The molecule has 0 radical (unpaired) electrons. The van der Waals surface area contributed by atoms with Crippen molar-refractivity contribution in [1.29, 1.82) is 0 Å². The fourth-order valence-corrected chi connectivity index (χ4v) is 5.02. The van der Waals surface area contributed by atoms with Gasteiger partial charge in [-0.2, -0.15) is 17.5 Å². The van der Waals surface area contributed by atoms with Crippen molar-refractivity contribution in [3.8, 4) is 0 Å². The number of benzene rings is 2. The number of piperazine rings is 1. The van der Waals surface area contributed by atoms with Gasteiger partial charge in [-0.1, -0.05) is 11.6 Å². The first-order valence-corrected chi connectivity index (χ1v) is 11.3. The van der Waals surface area contributed by atoms with Gasteiger partial charge in [0.2, 0.25) is 15.9 Å². The van der Waals surface area contributed by atoms with Crippen LogP contribution in [0.2, 0.25) is 5.02 Å². The third-order valence-electron chi connectivity index (χ3n) is 5.09. The van der Waals surface area contributed by atoms with Crippen LogP contribution in [-0.4, -0.2) is 49.7 Å². The highest BCUT2D eigenvalue weighted by Gasteiger charge is 2.36. The molecule has 0 aliphatic carbocycles. The van der Waals surface area contributed by atoms with Gasteiger partial charge in [-0.15, -0.1) is 0 Å². The topological polar surface area (TPSA) is 57.7 Å². The molecule has 1 saturated heterocycles. The van der Waals surface area contributed by atoms with Crippen LogP contribution in [-0.2, 0) is 27.4 Å². The minimum absolute atomic E-state index is 0.0173. The summed E-state index contributed by atoms with van der Waals surface area (Å²) in [6.45, 7) is -0.203. The van der Waals surface area contributed by atoms with Crippen LogP contribution < -0.4 is 0 Å². The van der Waals surface area contributed by atoms with Gasteiger partial charge in [0.25, 0.3) is 0 Å². The average molecular weight is 497 g/mol. The van der Waals surface area contributed by atoms with Crippen LogP contribution in [0.1, 0.15) is 17.5 Å². The maximum atomic E-state index is 13.7. The van der Waals surface area contributed by atoms with E-state index in [4.69, 9.17) is 11.6 Å². The minimum Gasteiger partial charge on any atom is -0.340 e. The van der Waals surface area contributed by atoms with Gasteiger partial charge >= 0.3 is 6.18 Å². The number of rotatable bonds is 5. The number of halogens is 6. The lowest BCUT2D eigenvalue weighted by Gasteiger charge is -2.34. The van der Waals surface area contributed by atoms with E-state index in [1.54, 1.807) is 0 Å². The first kappa shape index (κ1) is 24.4. The van der Waals surface area contributed by atoms with Gasteiger partial charge in [0.15, 0.2) is 0 Å². The average Bonchev–Trinajstić information content (AvgIpc) is 2.73. The molecule has 1 aliphatic rings. The van der Waals surface area contributed by atoms with Crippen molar-refractivity contribution in [1.82, 2.24) is 9.21 Å². The number of hydrogen-bond donors (Lipinski definition) is 0. The van der Waals surface area contributed by atoms with E-state index in [0.717, 1.165) is 34.6 Å². The Kier molecular flexibility index (Phi) is 7.11. The molecule has 1 fully saturated rings. The minimum atomic E-state index is -4.81. The molecule has 174 valence electrons. The second-order valence-electron chi connectivity index (χ2n) is 7.16. The highest BCUT2D eigenvalue weighted by atomic mass is 35.5. The van der Waals surface area contributed by atoms with E-state index >= 15 is 0 Å². The summed E-state index contributed by atoms with van der Waals surface area (Å²) in [5.74, 6) is -1.61. The molecule has 5 nitrogen and oxygen atoms in total. The van der Waals surface area contributed by atoms with Gasteiger partial charge in [-0.3, -0.25) is 4.79 Å². The van der Waals surface area contributed by atoms with E-state index in [2.05, 4.69) is 0 Å². The lowest BCUT2D eigenvalue weighted by Crippen LogP contribution is -2.50. The maximum absolute atomic E-state index is 13.7. The largest absolute Gasteiger partial charge is 0.417 e. The van der Waals surface area contributed by atoms with Crippen molar-refractivity contribution in [2.45, 2.75) is 23.9 Å². The van der Waals surface area contributed by atoms with Gasteiger partial charge in [-0.25, -0.2) is 17.2 Å². The molecule has 0 spiro atoms. The summed E-state index contributed by atoms with van der Waals surface area (Å²) in [5, 5.41) is -0.610. The van der Waals surface area contributed by atoms with Crippen LogP contribution in [0.25, 0.3) is 0 Å². The number of aryl methyl sites for hydroxylation is 1. The van der Waals surface area contributed by atoms with Gasteiger partial charge in [0.1, 0.15) is 11.6 Å². The summed E-state index contributed by atoms with van der Waals surface area (Å²) < 4.78 is 92.6. The molecule has 1 heterocycles. The SMILES string of the molecule is O=C(CCc1cc(F)ccc1F)N1CCN(S(=O)(=O)c2ccc(Cl)c(C(F)(F)F)c2)CC1. The number of carbonyl (C=O) groups is 1. The van der Waals surface area contributed by atoms with Crippen molar-refractivity contribution in [2.75, 3.05) is 26.2 Å². The van der Waals surface area contributed by atoms with Crippen LogP contribution in [0.4, 0.5) is 22.0 Å². The van der Waals surface area contributed by atoms with Crippen molar-refractivity contribution in [2.24, 2.45) is 0 Å². The molecule has 0 bridgehead atoms. The highest BCUT2D eigenvalue weighted by Crippen LogP contribution is 2.36. The normalized spacial score (nSPS) is 15.8. The predicted molar refractivity (Wildman–Crippen MR) is 106 cm³/mol. The molecule has 0 aromatic heterocycles. The van der Waals surface area contributed by atoms with Gasteiger partial charge in [0.05, 0.1) is 15.5 Å². The van der Waals surface area contributed by atoms with Crippen LogP contribution in [0.15, 0.2) is 41.3 Å². The number of sulfonamides is 1. The summed E-state index contributed by atoms with van der Waals surface area (Å²) in [6.07, 6.45) is -4.93. The molecule has 1 aliphatic heterocycles. The number of alkyl halides is 3. The van der Waals surface area contributed by atoms with E-state index in [9.17, 15) is 35.2 Å². The standard InChI is InChI=1S/C20H18ClF5N2O3S/c21-17-4-3-15(12-16(17)20(24,25)26)32(30,31)28-9-7-27(8-10-28)19(29)6-1-13-11-14(22)2-5-18(13)23/h2-5,11-12H,1,6-10H2. The smallest absolute Gasteiger partial charge is 0.340 e. The Morgan fingerprint density at radius 3 is 2.28 bits per heavy atom. The fraction of sp³-hybridized carbons (Fsp3) is 0.350. The van der Waals surface area contributed by atoms with E-state index in [1.807, 2.05) is 0 Å². The third kappa shape index (κ3) is 5.38. The molecule has 0 atom stereocenters. The summed E-state index contributed by atoms with van der Waals surface area (Å²) in [7, 11) is -4.23. The van der Waals surface area contributed by atoms with Crippen LogP contribution >= 0.6 is 11.6 Å². The van der Waals surface area contributed by atoms with Crippen molar-refractivity contribution < 1.29 is 35.2 Å². The second kappa shape index (κ2) is 9.32. The third-order valence-corrected chi connectivity index (χ3v) is 7.31. The number of carbonyl (C=O) groups excluding carboxylic acids is 1. The Morgan fingerprint density at radius 1 is 1.00 bits per heavy atom. The molecule has 32 heavy (non-hydrogen) atoms. The van der Waals surface area contributed by atoms with E-state index in [0.29, 0.717) is 6.07 Å². The zero-order chi connectivity index (χ0) is 23.7. The number of hydrogen-bond acceptors (Lipinski definition) is 3. The van der Waals surface area contributed by atoms with Gasteiger partial charge < -0.3 is 4.90 Å². The molecule has 1 amide bonds. The monoisotopic (exact) mass is 496 g/mol. The van der Waals surface area contributed by atoms with Crippen LogP contribution in [0.5, 0.6) is 0 Å². The molecule has 2 aromatic rings. The van der Waals surface area contributed by atoms with E-state index < -0.39 is 43.3 Å². The molecule has 0 unspecified atom stereocenters. The summed E-state index contributed by atoms with van der Waals surface area (Å²) in [5.41, 5.74) is -1.19. The summed E-state index contributed by atoms with van der Waals surface area (Å²) >= 11 is 5.55. The fourth-order valence-electron chi connectivity index (χ4n) is 3.34. The molecule has 3 rings (SSSR count). The second-order valence-corrected chi connectivity index (χ2v) is 9.51. The van der Waals surface area contributed by atoms with E-state index in [1.165, 1.54) is 4.90 Å². The molecule has 12 heteroatoms. The maximum Gasteiger partial charge on any atom is 0.417 e. The van der Waals surface area contributed by atoms with Gasteiger partial charge in [0, 0.05) is 32.6 Å². The predicted octanol–water partition coefficient (Wildman–Crippen LogP) is 4.10. The Balaban J connectivity index is 1.63. The number of nitrogens with zero attached hydrogens (tertiary/aromatic N) is 2. The Labute approximate surface area is 186 Å². The molecule has 2 aromatic carbocycles. The van der Waals surface area contributed by atoms with Gasteiger partial charge in [-0.05, 0) is 48.4 Å². The van der Waals surface area contributed by atoms with Crippen LogP contribution in [0.3, 0.4) is 0 Å². The summed E-state index contributed by atoms with van der Waals surface area (Å²) in [6, 6.07) is 5.32. The van der Waals surface area contributed by atoms with Crippen molar-refractivity contribution in [3.63, 3.8) is 0 Å². The van der Waals surface area contributed by atoms with Crippen molar-refractivity contribution >= 4 is 27.5 Å². The van der Waals surface area contributed by atoms with Crippen LogP contribution in [0, 0.1) is 11.6 Å². The Hall–Kier alpha value is -2.24. The Bertz CT molecular complexity index is 1120. The lowest BCUT2D eigenvalue weighted by molar-refractivity contribution is -0.137. The van der Waals surface area contributed by atoms with Crippen molar-refractivity contribution in [3.05, 3.63) is 64.2 Å². The molecular formula is C20H18ClF5N2O3S. The first-order chi connectivity index (χ1) is 14.9. The summed E-state index contributed by atoms with van der Waals surface area (Å²) in [4.78, 5) is 13.2. The zero-order valence-corrected chi connectivity index (χ0v) is 18.1. The highest BCUT2D eigenvalue weighted by molar-refractivity contribution is 7.89. The quantitative estimate of drug-likeness (QED) is 0.586. The first-order valence-electron chi connectivity index (χ1n) is 9.48. The molecular weight excluding hydrogens is 479 g/mol. The molecule has 0 N–H and O–H groups in total. The Morgan fingerprint density at radius 2 is 1.66 bits per heavy atom. The zero-order valence-electron chi connectivity index (χ0n) is 16.5. The van der Waals surface area contributed by atoms with E-state index in [-0.39, 0.29) is 50.5 Å². The number of amides is 1.